The smallest absolute Gasteiger partial charge is 0.416 e. The molecule has 0 spiro atoms. The Bertz CT molecular complexity index is 1210. The molecule has 0 unspecified atom stereocenters. The normalized spacial score (nSPS) is 12.2. The van der Waals surface area contributed by atoms with E-state index in [1.165, 1.54) is 23.9 Å². The Balaban J connectivity index is 0.000000166. The van der Waals surface area contributed by atoms with Gasteiger partial charge in [-0.2, -0.15) is 26.3 Å². The zero-order valence-electron chi connectivity index (χ0n) is 14.3. The van der Waals surface area contributed by atoms with Gasteiger partial charge in [-0.1, -0.05) is 11.8 Å². The number of H-pyrrole nitrogens is 1. The van der Waals surface area contributed by atoms with Gasteiger partial charge in [0, 0.05) is 0 Å². The molecule has 2 aromatic heterocycles. The number of benzene rings is 2. The molecule has 2 aromatic carbocycles. The van der Waals surface area contributed by atoms with Gasteiger partial charge in [0.25, 0.3) is 10.1 Å². The molecule has 0 atom stereocenters. The highest BCUT2D eigenvalue weighted by atomic mass is 32.2. The van der Waals surface area contributed by atoms with Gasteiger partial charge in [0.15, 0.2) is 11.2 Å². The minimum absolute atomic E-state index is 0.0688. The minimum Gasteiger partial charge on any atom is -0.431 e. The van der Waals surface area contributed by atoms with Gasteiger partial charge >= 0.3 is 12.4 Å². The number of aromatic nitrogens is 2. The molecule has 0 aliphatic rings. The number of fused-ring (bicyclic) bond motifs is 2. The number of nitrogens with zero attached hydrogens (tertiary/aromatic N) is 1. The number of rotatable bonds is 1. The molecular formula is C17H10F6N2O2S2. The first-order valence-electron chi connectivity index (χ1n) is 7.69. The Labute approximate surface area is 167 Å². The first kappa shape index (κ1) is 21.2. The van der Waals surface area contributed by atoms with Crippen molar-refractivity contribution >= 4 is 46.2 Å². The highest BCUT2D eigenvalue weighted by Gasteiger charge is 2.31. The fourth-order valence-electron chi connectivity index (χ4n) is 2.30. The van der Waals surface area contributed by atoms with E-state index in [-0.39, 0.29) is 15.9 Å². The predicted octanol–water partition coefficient (Wildman–Crippen LogP) is 7.08. The third kappa shape index (κ3) is 4.93. The van der Waals surface area contributed by atoms with Crippen molar-refractivity contribution in [2.24, 2.45) is 0 Å². The third-order valence-electron chi connectivity index (χ3n) is 3.62. The van der Waals surface area contributed by atoms with Crippen molar-refractivity contribution in [1.82, 2.24) is 9.97 Å². The Morgan fingerprint density at radius 1 is 0.897 bits per heavy atom. The molecule has 0 aliphatic heterocycles. The van der Waals surface area contributed by atoms with Gasteiger partial charge in [-0.3, -0.25) is 0 Å². The highest BCUT2D eigenvalue weighted by Crippen LogP contribution is 2.32. The number of oxazole rings is 2. The largest absolute Gasteiger partial charge is 0.431 e. The van der Waals surface area contributed by atoms with Crippen LogP contribution < -0.4 is 0 Å². The molecule has 0 saturated carbocycles. The van der Waals surface area contributed by atoms with Crippen LogP contribution in [0.25, 0.3) is 22.2 Å². The Morgan fingerprint density at radius 2 is 1.48 bits per heavy atom. The van der Waals surface area contributed by atoms with Gasteiger partial charge in [-0.15, -0.1) is 0 Å². The molecular weight excluding hydrogens is 442 g/mol. The second-order valence-electron chi connectivity index (χ2n) is 5.59. The lowest BCUT2D eigenvalue weighted by molar-refractivity contribution is -0.138. The van der Waals surface area contributed by atoms with E-state index in [9.17, 15) is 26.3 Å². The van der Waals surface area contributed by atoms with Gasteiger partial charge in [0.2, 0.25) is 0 Å². The van der Waals surface area contributed by atoms with Crippen molar-refractivity contribution in [2.75, 3.05) is 6.26 Å². The van der Waals surface area contributed by atoms with Gasteiger partial charge in [-0.05, 0) is 54.9 Å². The van der Waals surface area contributed by atoms with Crippen molar-refractivity contribution in [3.63, 3.8) is 0 Å². The van der Waals surface area contributed by atoms with Gasteiger partial charge in [-0.25, -0.2) is 4.98 Å². The van der Waals surface area contributed by atoms with E-state index in [1.54, 1.807) is 6.26 Å². The third-order valence-corrected chi connectivity index (χ3v) is 4.33. The number of alkyl halides is 6. The number of thioether (sulfide) groups is 1. The van der Waals surface area contributed by atoms with Crippen molar-refractivity contribution < 1.29 is 35.2 Å². The maximum Gasteiger partial charge on any atom is 0.416 e. The summed E-state index contributed by atoms with van der Waals surface area (Å²) in [6, 6.07) is 6.41. The van der Waals surface area contributed by atoms with Crippen LogP contribution in [-0.4, -0.2) is 16.2 Å². The number of aromatic amines is 1. The molecule has 0 aliphatic carbocycles. The van der Waals surface area contributed by atoms with Crippen molar-refractivity contribution in [3.05, 3.63) is 52.4 Å². The summed E-state index contributed by atoms with van der Waals surface area (Å²) >= 11 is 5.90. The summed E-state index contributed by atoms with van der Waals surface area (Å²) in [6.07, 6.45) is -6.94. The van der Waals surface area contributed by atoms with Crippen LogP contribution in [-0.2, 0) is 12.4 Å². The lowest BCUT2D eigenvalue weighted by Crippen LogP contribution is -2.03. The molecule has 29 heavy (non-hydrogen) atoms. The average Bonchev–Trinajstić information content (AvgIpc) is 3.20. The van der Waals surface area contributed by atoms with E-state index in [4.69, 9.17) is 8.83 Å². The summed E-state index contributed by atoms with van der Waals surface area (Å²) in [7, 11) is 0. The molecule has 4 rings (SSSR count). The molecule has 1 N–H and O–H groups in total. The maximum atomic E-state index is 12.3. The summed E-state index contributed by atoms with van der Waals surface area (Å²) in [5, 5.41) is 0.365. The second kappa shape index (κ2) is 7.75. The van der Waals surface area contributed by atoms with Crippen molar-refractivity contribution in [3.8, 4) is 0 Å². The molecule has 0 fully saturated rings. The fourth-order valence-corrected chi connectivity index (χ4v) is 2.86. The Morgan fingerprint density at radius 3 is 2.07 bits per heavy atom. The number of hydrogen-bond acceptors (Lipinski definition) is 5. The van der Waals surface area contributed by atoms with E-state index >= 15 is 0 Å². The van der Waals surface area contributed by atoms with Crippen molar-refractivity contribution in [1.29, 1.82) is 0 Å². The van der Waals surface area contributed by atoms with Crippen LogP contribution in [0.1, 0.15) is 11.1 Å². The van der Waals surface area contributed by atoms with E-state index < -0.39 is 23.5 Å². The number of nitrogens with one attached hydrogen (secondary N) is 1. The van der Waals surface area contributed by atoms with E-state index in [0.717, 1.165) is 24.3 Å². The quantitative estimate of drug-likeness (QED) is 0.190. The molecule has 4 nitrogen and oxygen atoms in total. The van der Waals surface area contributed by atoms with Gasteiger partial charge in [0.05, 0.1) is 16.6 Å². The van der Waals surface area contributed by atoms with Crippen LogP contribution in [0, 0.1) is 4.84 Å². The standard InChI is InChI=1S/C9H6F3NOS.C8H4F3NOS/c1-15-8-13-6-4-5(9(10,11)12)2-3-7(6)14-8;9-8(10,11)4-1-2-6-5(3-4)12-7(14)13-6/h2-4H,1H3;1-3H,(H,12,14). The first-order valence-corrected chi connectivity index (χ1v) is 9.32. The minimum atomic E-state index is -4.35. The van der Waals surface area contributed by atoms with E-state index in [0.29, 0.717) is 16.4 Å². The molecule has 12 heteroatoms. The maximum absolute atomic E-state index is 12.3. The topological polar surface area (TPSA) is 55.0 Å². The molecule has 154 valence electrons. The number of hydrogen-bond donors (Lipinski definition) is 1. The molecule has 0 amide bonds. The Hall–Kier alpha value is -2.47. The van der Waals surface area contributed by atoms with Crippen LogP contribution in [0.2, 0.25) is 0 Å². The molecule has 0 bridgehead atoms. The van der Waals surface area contributed by atoms with Crippen molar-refractivity contribution in [2.45, 2.75) is 17.6 Å². The van der Waals surface area contributed by atoms with Gasteiger partial charge in [0.1, 0.15) is 5.52 Å². The molecule has 4 aromatic rings. The predicted molar refractivity (Wildman–Crippen MR) is 97.2 cm³/mol. The van der Waals surface area contributed by atoms with E-state index in [1.807, 2.05) is 0 Å². The average molecular weight is 452 g/mol. The van der Waals surface area contributed by atoms with Crippen LogP contribution in [0.15, 0.2) is 50.5 Å². The zero-order chi connectivity index (χ0) is 21.4. The molecule has 2 heterocycles. The summed E-state index contributed by atoms with van der Waals surface area (Å²) in [5.41, 5.74) is -0.262. The summed E-state index contributed by atoms with van der Waals surface area (Å²) in [5.74, 6) is 0. The zero-order valence-corrected chi connectivity index (χ0v) is 15.9. The lowest BCUT2D eigenvalue weighted by Gasteiger charge is -2.04. The highest BCUT2D eigenvalue weighted by molar-refractivity contribution is 7.98. The monoisotopic (exact) mass is 452 g/mol. The fraction of sp³-hybridized carbons (Fsp3) is 0.176. The lowest BCUT2D eigenvalue weighted by atomic mass is 10.2. The summed E-state index contributed by atoms with van der Waals surface area (Å²) in [6.45, 7) is 0. The van der Waals surface area contributed by atoms with Crippen LogP contribution in [0.4, 0.5) is 26.3 Å². The SMILES string of the molecule is CSc1nc2cc(C(F)(F)F)ccc2o1.FC(F)(F)c1ccc2oc(=S)[nH]c2c1. The van der Waals surface area contributed by atoms with Crippen LogP contribution >= 0.6 is 24.0 Å². The summed E-state index contributed by atoms with van der Waals surface area (Å²) in [4.78, 5) is 6.49. The second-order valence-corrected chi connectivity index (χ2v) is 6.72. The Kier molecular flexibility index (Phi) is 5.68. The molecule has 0 radical (unpaired) electrons. The number of halogens is 6. The van der Waals surface area contributed by atoms with Crippen LogP contribution in [0.5, 0.6) is 0 Å². The first-order chi connectivity index (χ1) is 13.5. The molecule has 0 saturated heterocycles. The van der Waals surface area contributed by atoms with E-state index in [2.05, 4.69) is 22.2 Å². The van der Waals surface area contributed by atoms with Crippen LogP contribution in [0.3, 0.4) is 0 Å². The summed E-state index contributed by atoms with van der Waals surface area (Å²) < 4.78 is 83.9. The van der Waals surface area contributed by atoms with Gasteiger partial charge < -0.3 is 13.8 Å².